The van der Waals surface area contributed by atoms with Crippen LogP contribution in [0, 0.1) is 17.6 Å². The number of benzene rings is 1. The van der Waals surface area contributed by atoms with Crippen LogP contribution in [-0.4, -0.2) is 0 Å². The van der Waals surface area contributed by atoms with Gasteiger partial charge >= 0.3 is 0 Å². The van der Waals surface area contributed by atoms with Crippen molar-refractivity contribution < 1.29 is 8.78 Å². The average molecular weight is 238 g/mol. The van der Waals surface area contributed by atoms with Crippen LogP contribution in [-0.2, 0) is 12.8 Å². The molecule has 0 aromatic heterocycles. The van der Waals surface area contributed by atoms with E-state index >= 15 is 0 Å². The van der Waals surface area contributed by atoms with Crippen LogP contribution >= 0.6 is 0 Å². The molecule has 2 rings (SSSR count). The van der Waals surface area contributed by atoms with Crippen molar-refractivity contribution in [3.05, 3.63) is 34.9 Å². The van der Waals surface area contributed by atoms with Crippen LogP contribution in [0.4, 0.5) is 8.78 Å². The van der Waals surface area contributed by atoms with Gasteiger partial charge in [-0.25, -0.2) is 8.78 Å². The monoisotopic (exact) mass is 238 g/mol. The molecule has 0 heterocycles. The topological polar surface area (TPSA) is 0 Å². The van der Waals surface area contributed by atoms with E-state index in [1.54, 1.807) is 0 Å². The van der Waals surface area contributed by atoms with E-state index in [-0.39, 0.29) is 5.82 Å². The predicted molar refractivity (Wildman–Crippen MR) is 66.0 cm³/mol. The fourth-order valence-electron chi connectivity index (χ4n) is 2.81. The Morgan fingerprint density at radius 2 is 2.06 bits per heavy atom. The van der Waals surface area contributed by atoms with E-state index in [9.17, 15) is 8.78 Å². The molecule has 0 N–H and O–H groups in total. The largest absolute Gasteiger partial charge is 0.207 e. The van der Waals surface area contributed by atoms with Crippen molar-refractivity contribution in [1.29, 1.82) is 0 Å². The first-order chi connectivity index (χ1) is 8.20. The molecule has 1 unspecified atom stereocenters. The molecular formula is C15H20F2. The molecule has 94 valence electrons. The first-order valence-electron chi connectivity index (χ1n) is 6.67. The third-order valence-electron chi connectivity index (χ3n) is 3.78. The van der Waals surface area contributed by atoms with Crippen molar-refractivity contribution in [1.82, 2.24) is 0 Å². The molecule has 0 aliphatic heterocycles. The molecule has 0 spiro atoms. The highest BCUT2D eigenvalue weighted by Gasteiger charge is 2.21. The molecular weight excluding hydrogens is 218 g/mol. The first kappa shape index (κ1) is 12.5. The smallest absolute Gasteiger partial charge is 0.129 e. The van der Waals surface area contributed by atoms with Crippen LogP contribution in [0.1, 0.15) is 50.2 Å². The van der Waals surface area contributed by atoms with Crippen molar-refractivity contribution in [2.45, 2.75) is 51.9 Å². The van der Waals surface area contributed by atoms with Crippen molar-refractivity contribution in [2.75, 3.05) is 0 Å². The Hall–Kier alpha value is -0.920. The predicted octanol–water partition coefficient (Wildman–Crippen LogP) is 4.65. The van der Waals surface area contributed by atoms with Gasteiger partial charge in [0.25, 0.3) is 0 Å². The van der Waals surface area contributed by atoms with Gasteiger partial charge in [-0.15, -0.1) is 0 Å². The summed E-state index contributed by atoms with van der Waals surface area (Å²) in [6, 6.07) is 2.53. The fraction of sp³-hybridized carbons (Fsp3) is 0.600. The van der Waals surface area contributed by atoms with Gasteiger partial charge in [0.15, 0.2) is 0 Å². The Labute approximate surface area is 102 Å². The van der Waals surface area contributed by atoms with Gasteiger partial charge in [0.05, 0.1) is 0 Å². The van der Waals surface area contributed by atoms with Gasteiger partial charge in [-0.05, 0) is 42.4 Å². The summed E-state index contributed by atoms with van der Waals surface area (Å²) in [7, 11) is 0. The minimum atomic E-state index is -0.435. The fourth-order valence-corrected chi connectivity index (χ4v) is 2.81. The normalized spacial score (nSPS) is 19.1. The number of unbranched alkanes of at least 4 members (excludes halogenated alkanes) is 2. The molecule has 1 aromatic rings. The van der Waals surface area contributed by atoms with E-state index in [2.05, 4.69) is 6.92 Å². The number of hydrogen-bond acceptors (Lipinski definition) is 0. The number of hydrogen-bond donors (Lipinski definition) is 0. The molecule has 0 fully saturated rings. The molecule has 0 saturated carbocycles. The van der Waals surface area contributed by atoms with E-state index in [0.29, 0.717) is 5.92 Å². The number of fused-ring (bicyclic) bond motifs is 1. The van der Waals surface area contributed by atoms with Gasteiger partial charge < -0.3 is 0 Å². The highest BCUT2D eigenvalue weighted by molar-refractivity contribution is 5.32. The molecule has 0 bridgehead atoms. The summed E-state index contributed by atoms with van der Waals surface area (Å²) in [5, 5.41) is 0. The Morgan fingerprint density at radius 1 is 1.24 bits per heavy atom. The third-order valence-corrected chi connectivity index (χ3v) is 3.78. The summed E-state index contributed by atoms with van der Waals surface area (Å²) in [5.41, 5.74) is 1.65. The van der Waals surface area contributed by atoms with E-state index in [4.69, 9.17) is 0 Å². The molecule has 0 nitrogen and oxygen atoms in total. The van der Waals surface area contributed by atoms with E-state index in [0.717, 1.165) is 36.5 Å². The van der Waals surface area contributed by atoms with E-state index in [1.807, 2.05) is 0 Å². The molecule has 1 aliphatic rings. The van der Waals surface area contributed by atoms with Crippen molar-refractivity contribution in [2.24, 2.45) is 5.92 Å². The summed E-state index contributed by atoms with van der Waals surface area (Å²) in [6.45, 7) is 2.20. The van der Waals surface area contributed by atoms with Gasteiger partial charge in [0.1, 0.15) is 11.6 Å². The summed E-state index contributed by atoms with van der Waals surface area (Å²) in [5.74, 6) is -0.169. The lowest BCUT2D eigenvalue weighted by Gasteiger charge is -2.25. The molecule has 0 amide bonds. The van der Waals surface area contributed by atoms with Crippen LogP contribution in [0.25, 0.3) is 0 Å². The van der Waals surface area contributed by atoms with Crippen LogP contribution in [0.15, 0.2) is 12.1 Å². The Morgan fingerprint density at radius 3 is 2.82 bits per heavy atom. The molecule has 0 radical (unpaired) electrons. The molecule has 17 heavy (non-hydrogen) atoms. The SMILES string of the molecule is CCCCCC1CCc2c(F)cc(F)cc2C1. The lowest BCUT2D eigenvalue weighted by molar-refractivity contribution is 0.399. The van der Waals surface area contributed by atoms with Gasteiger partial charge in [-0.2, -0.15) is 0 Å². The van der Waals surface area contributed by atoms with E-state index in [1.165, 1.54) is 31.7 Å². The minimum Gasteiger partial charge on any atom is -0.207 e. The second-order valence-corrected chi connectivity index (χ2v) is 5.13. The van der Waals surface area contributed by atoms with Crippen LogP contribution < -0.4 is 0 Å². The Kier molecular flexibility index (Phi) is 4.14. The van der Waals surface area contributed by atoms with Gasteiger partial charge in [-0.3, -0.25) is 0 Å². The lowest BCUT2D eigenvalue weighted by Crippen LogP contribution is -2.16. The summed E-state index contributed by atoms with van der Waals surface area (Å²) < 4.78 is 26.7. The summed E-state index contributed by atoms with van der Waals surface area (Å²) >= 11 is 0. The molecule has 2 heteroatoms. The highest BCUT2D eigenvalue weighted by atomic mass is 19.1. The molecule has 1 atom stereocenters. The highest BCUT2D eigenvalue weighted by Crippen LogP contribution is 2.31. The van der Waals surface area contributed by atoms with Gasteiger partial charge in [0.2, 0.25) is 0 Å². The second-order valence-electron chi connectivity index (χ2n) is 5.13. The zero-order chi connectivity index (χ0) is 12.3. The molecule has 1 aromatic carbocycles. The quantitative estimate of drug-likeness (QED) is 0.670. The summed E-state index contributed by atoms with van der Waals surface area (Å²) in [6.07, 6.45) is 7.62. The minimum absolute atomic E-state index is 0.355. The zero-order valence-corrected chi connectivity index (χ0v) is 10.4. The summed E-state index contributed by atoms with van der Waals surface area (Å²) in [4.78, 5) is 0. The molecule has 1 aliphatic carbocycles. The Bertz CT molecular complexity index is 385. The van der Waals surface area contributed by atoms with Gasteiger partial charge in [0, 0.05) is 6.07 Å². The van der Waals surface area contributed by atoms with Gasteiger partial charge in [-0.1, -0.05) is 32.6 Å². The second kappa shape index (κ2) is 5.61. The van der Waals surface area contributed by atoms with Crippen molar-refractivity contribution in [3.8, 4) is 0 Å². The standard InChI is InChI=1S/C15H20F2/c1-2-3-4-5-11-6-7-14-12(8-11)9-13(16)10-15(14)17/h9-11H,2-8H2,1H3. The van der Waals surface area contributed by atoms with Crippen molar-refractivity contribution in [3.63, 3.8) is 0 Å². The maximum Gasteiger partial charge on any atom is 0.129 e. The van der Waals surface area contributed by atoms with Crippen molar-refractivity contribution >= 4 is 0 Å². The maximum atomic E-state index is 13.5. The van der Waals surface area contributed by atoms with Crippen LogP contribution in [0.2, 0.25) is 0 Å². The first-order valence-corrected chi connectivity index (χ1v) is 6.67. The molecule has 0 saturated heterocycles. The van der Waals surface area contributed by atoms with Crippen LogP contribution in [0.5, 0.6) is 0 Å². The third kappa shape index (κ3) is 3.05. The number of rotatable bonds is 4. The van der Waals surface area contributed by atoms with E-state index < -0.39 is 5.82 Å². The maximum absolute atomic E-state index is 13.5. The average Bonchev–Trinajstić information content (AvgIpc) is 2.28. The lowest BCUT2D eigenvalue weighted by atomic mass is 9.81. The van der Waals surface area contributed by atoms with Crippen LogP contribution in [0.3, 0.4) is 0 Å². The zero-order valence-electron chi connectivity index (χ0n) is 10.4. The Balaban J connectivity index is 2.03. The number of halogens is 2.